The van der Waals surface area contributed by atoms with Crippen LogP contribution in [-0.4, -0.2) is 67.4 Å². The number of nitrogens with zero attached hydrogens (tertiary/aromatic N) is 1. The number of aromatic amines is 1. The lowest BCUT2D eigenvalue weighted by atomic mass is 10.1. The topological polar surface area (TPSA) is 149 Å². The first kappa shape index (κ1) is 30.5. The number of fused-ring (bicyclic) bond motifs is 1. The van der Waals surface area contributed by atoms with Gasteiger partial charge in [0.15, 0.2) is 0 Å². The number of hydrogen-bond acceptors (Lipinski definition) is 6. The summed E-state index contributed by atoms with van der Waals surface area (Å²) in [5.74, 6) is -0.762. The van der Waals surface area contributed by atoms with Gasteiger partial charge in [-0.3, -0.25) is 28.9 Å². The van der Waals surface area contributed by atoms with E-state index in [2.05, 4.69) is 20.9 Å². The molecule has 4 amide bonds. The van der Waals surface area contributed by atoms with Gasteiger partial charge in [0.2, 0.25) is 6.41 Å². The molecule has 10 nitrogen and oxygen atoms in total. The van der Waals surface area contributed by atoms with E-state index in [1.165, 1.54) is 12.4 Å². The zero-order valence-corrected chi connectivity index (χ0v) is 21.9. The second-order valence-corrected chi connectivity index (χ2v) is 8.01. The third-order valence-electron chi connectivity index (χ3n) is 5.60. The summed E-state index contributed by atoms with van der Waals surface area (Å²) >= 11 is 0. The lowest BCUT2D eigenvalue weighted by Gasteiger charge is -2.27. The summed E-state index contributed by atoms with van der Waals surface area (Å²) in [6, 6.07) is 14.4. The summed E-state index contributed by atoms with van der Waals surface area (Å²) in [5, 5.41) is 8.52. The number of imide groups is 1. The van der Waals surface area contributed by atoms with Crippen LogP contribution in [0.5, 0.6) is 0 Å². The van der Waals surface area contributed by atoms with Crippen molar-refractivity contribution < 1.29 is 23.6 Å². The molecule has 6 N–H and O–H groups in total. The zero-order chi connectivity index (χ0) is 28.6. The molecule has 2 aromatic carbocycles. The summed E-state index contributed by atoms with van der Waals surface area (Å²) in [7, 11) is 0.500. The molecule has 1 fully saturated rings. The highest BCUT2D eigenvalue weighted by Crippen LogP contribution is 2.22. The maximum absolute atomic E-state index is 12.4. The number of nitrogens with one attached hydrogen (secondary N) is 4. The fourth-order valence-electron chi connectivity index (χ4n) is 3.81. The average Bonchev–Trinajstić information content (AvgIpc) is 3.43. The Morgan fingerprint density at radius 3 is 2.28 bits per heavy atom. The van der Waals surface area contributed by atoms with E-state index < -0.39 is 5.91 Å². The molecule has 1 saturated heterocycles. The molecule has 1 aliphatic rings. The summed E-state index contributed by atoms with van der Waals surface area (Å²) in [6.45, 7) is 5.23. The van der Waals surface area contributed by atoms with Crippen molar-refractivity contribution >= 4 is 35.0 Å². The molecule has 0 saturated carbocycles. The molecule has 0 unspecified atom stereocenters. The molecule has 0 spiro atoms. The largest absolute Gasteiger partial charge is 0.403 e. The van der Waals surface area contributed by atoms with Crippen molar-refractivity contribution in [1.29, 1.82) is 0 Å². The summed E-state index contributed by atoms with van der Waals surface area (Å²) < 4.78 is 9.50. The fourth-order valence-corrected chi connectivity index (χ4v) is 3.81. The van der Waals surface area contributed by atoms with Gasteiger partial charge in [0, 0.05) is 49.5 Å². The number of alkyl halides is 1. The van der Waals surface area contributed by atoms with Crippen molar-refractivity contribution in [3.63, 3.8) is 0 Å². The number of hydrogen-bond donors (Lipinski definition) is 5. The van der Waals surface area contributed by atoms with Crippen LogP contribution in [0, 0.1) is 0 Å². The van der Waals surface area contributed by atoms with Crippen molar-refractivity contribution in [2.24, 2.45) is 5.73 Å². The molecule has 2 heterocycles. The Labute approximate surface area is 226 Å². The number of rotatable bonds is 6. The molecular formula is C28H33FN6O4. The highest BCUT2D eigenvalue weighted by molar-refractivity contribution is 6.14. The number of halogens is 1. The number of amides is 4. The Kier molecular flexibility index (Phi) is 12.6. The number of carbonyl (C=O) groups excluding carboxylic acids is 4. The molecule has 3 aromatic rings. The van der Waals surface area contributed by atoms with E-state index >= 15 is 0 Å². The first-order valence-electron chi connectivity index (χ1n) is 12.1. The van der Waals surface area contributed by atoms with Crippen LogP contribution in [0.4, 0.5) is 4.39 Å². The van der Waals surface area contributed by atoms with Crippen LogP contribution in [0.3, 0.4) is 0 Å². The molecule has 206 valence electrons. The summed E-state index contributed by atoms with van der Waals surface area (Å²) in [4.78, 5) is 51.3. The quantitative estimate of drug-likeness (QED) is 0.241. The number of allylic oxidation sites excluding steroid dienone is 2. The van der Waals surface area contributed by atoms with Crippen LogP contribution in [-0.2, 0) is 4.79 Å². The smallest absolute Gasteiger partial charge is 0.259 e. The number of piperazine rings is 1. The van der Waals surface area contributed by atoms with Gasteiger partial charge in [-0.25, -0.2) is 0 Å². The normalized spacial score (nSPS) is 13.0. The van der Waals surface area contributed by atoms with Gasteiger partial charge in [0.1, 0.15) is 0 Å². The van der Waals surface area contributed by atoms with Crippen LogP contribution in [0.25, 0.3) is 10.9 Å². The van der Waals surface area contributed by atoms with Gasteiger partial charge in [-0.05, 0) is 31.2 Å². The van der Waals surface area contributed by atoms with E-state index in [0.717, 1.165) is 31.7 Å². The summed E-state index contributed by atoms with van der Waals surface area (Å²) in [5.41, 5.74) is 7.84. The summed E-state index contributed by atoms with van der Waals surface area (Å²) in [6.07, 6.45) is 6.46. The van der Waals surface area contributed by atoms with Crippen molar-refractivity contribution in [3.8, 4) is 0 Å². The second-order valence-electron chi connectivity index (χ2n) is 8.01. The van der Waals surface area contributed by atoms with Crippen LogP contribution in [0.1, 0.15) is 38.0 Å². The monoisotopic (exact) mass is 536 g/mol. The minimum absolute atomic E-state index is 0.145. The first-order chi connectivity index (χ1) is 19.0. The molecule has 0 aliphatic carbocycles. The number of para-hydroxylation sites is 1. The molecule has 4 rings (SSSR count). The van der Waals surface area contributed by atoms with Crippen LogP contribution in [0.2, 0.25) is 0 Å². The lowest BCUT2D eigenvalue weighted by Crippen LogP contribution is -2.46. The number of carbonyl (C=O) groups is 4. The number of nitrogens with two attached hydrogens (primary N) is 1. The van der Waals surface area contributed by atoms with Crippen LogP contribution >= 0.6 is 0 Å². The minimum Gasteiger partial charge on any atom is -0.403 e. The van der Waals surface area contributed by atoms with Gasteiger partial charge in [-0.1, -0.05) is 36.4 Å². The number of aromatic nitrogens is 1. The zero-order valence-electron chi connectivity index (χ0n) is 21.9. The maximum Gasteiger partial charge on any atom is 0.259 e. The standard InChI is InChI=1S/C16H16N4O3.C11H14N2O.CH3F/c1-2-4-10(7-17)20-16(23)12-6-3-5-11-13(8-18-14(11)12)15(22)19-9-21;14-11(10-4-2-1-3-5-10)13-8-6-12-7-9-13;1-2/h2-9,18H,17H2,1H3,(H,20,23)(H,19,21,22);1-5,12H,6-9H2;1H3/b4-2-,10-7+;;. The molecule has 39 heavy (non-hydrogen) atoms. The second kappa shape index (κ2) is 16.2. The van der Waals surface area contributed by atoms with E-state index in [0.29, 0.717) is 35.8 Å². The van der Waals surface area contributed by atoms with Gasteiger partial charge < -0.3 is 26.3 Å². The van der Waals surface area contributed by atoms with Crippen molar-refractivity contribution in [3.05, 3.63) is 95.5 Å². The Morgan fingerprint density at radius 2 is 1.67 bits per heavy atom. The predicted molar refractivity (Wildman–Crippen MR) is 149 cm³/mol. The Bertz CT molecular complexity index is 1310. The SMILES string of the molecule is C/C=C\C(=C/N)NC(=O)c1cccc2c(C(=O)NC=O)c[nH]c12.CF.O=C(c1ccccc1)N1CCNCC1. The maximum atomic E-state index is 12.4. The minimum atomic E-state index is -0.541. The molecule has 1 aliphatic heterocycles. The van der Waals surface area contributed by atoms with Crippen molar-refractivity contribution in [1.82, 2.24) is 25.8 Å². The molecule has 11 heteroatoms. The Hall–Kier alpha value is -4.77. The number of H-pyrrole nitrogens is 1. The van der Waals surface area contributed by atoms with Gasteiger partial charge in [0.25, 0.3) is 17.7 Å². The van der Waals surface area contributed by atoms with Gasteiger partial charge >= 0.3 is 0 Å². The van der Waals surface area contributed by atoms with E-state index in [1.807, 2.05) is 35.2 Å². The predicted octanol–water partition coefficient (Wildman–Crippen LogP) is 2.48. The van der Waals surface area contributed by atoms with E-state index in [4.69, 9.17) is 5.73 Å². The molecular weight excluding hydrogens is 503 g/mol. The Morgan fingerprint density at radius 1 is 0.974 bits per heavy atom. The molecule has 0 atom stereocenters. The van der Waals surface area contributed by atoms with E-state index in [-0.39, 0.29) is 17.4 Å². The van der Waals surface area contributed by atoms with Crippen molar-refractivity contribution in [2.75, 3.05) is 33.4 Å². The third-order valence-corrected chi connectivity index (χ3v) is 5.60. The third kappa shape index (κ3) is 8.37. The molecule has 1 aromatic heterocycles. The van der Waals surface area contributed by atoms with Crippen LogP contribution in [0.15, 0.2) is 78.8 Å². The molecule has 0 radical (unpaired) electrons. The van der Waals surface area contributed by atoms with Gasteiger partial charge in [0.05, 0.1) is 29.5 Å². The molecule has 0 bridgehead atoms. The lowest BCUT2D eigenvalue weighted by molar-refractivity contribution is -0.108. The van der Waals surface area contributed by atoms with Crippen LogP contribution < -0.4 is 21.7 Å². The van der Waals surface area contributed by atoms with Gasteiger partial charge in [-0.15, -0.1) is 0 Å². The Balaban J connectivity index is 0.000000284. The average molecular weight is 537 g/mol. The number of benzene rings is 2. The highest BCUT2D eigenvalue weighted by atomic mass is 19.1. The van der Waals surface area contributed by atoms with E-state index in [9.17, 15) is 23.6 Å². The van der Waals surface area contributed by atoms with Gasteiger partial charge in [-0.2, -0.15) is 0 Å². The first-order valence-corrected chi connectivity index (χ1v) is 12.1. The highest BCUT2D eigenvalue weighted by Gasteiger charge is 2.18. The van der Waals surface area contributed by atoms with Crippen molar-refractivity contribution in [2.45, 2.75) is 6.92 Å². The van der Waals surface area contributed by atoms with E-state index in [1.54, 1.807) is 37.3 Å². The fraction of sp³-hybridized carbons (Fsp3) is 0.214.